The van der Waals surface area contributed by atoms with Crippen LogP contribution in [0, 0.1) is 11.3 Å². The van der Waals surface area contributed by atoms with Crippen LogP contribution in [0.3, 0.4) is 0 Å². The number of phenols is 1. The molecule has 0 bridgehead atoms. The molecule has 0 atom stereocenters. The lowest BCUT2D eigenvalue weighted by Crippen LogP contribution is -2.32. The summed E-state index contributed by atoms with van der Waals surface area (Å²) in [5.74, 6) is -0.990. The quantitative estimate of drug-likeness (QED) is 0.870. The molecule has 5 heteroatoms. The van der Waals surface area contributed by atoms with Gasteiger partial charge in [0.25, 0.3) is 0 Å². The van der Waals surface area contributed by atoms with E-state index in [0.29, 0.717) is 18.4 Å². The van der Waals surface area contributed by atoms with E-state index in [2.05, 4.69) is 0 Å². The van der Waals surface area contributed by atoms with Crippen LogP contribution in [0.4, 0.5) is 0 Å². The lowest BCUT2D eigenvalue weighted by atomic mass is 9.78. The zero-order valence-corrected chi connectivity index (χ0v) is 10.6. The van der Waals surface area contributed by atoms with E-state index in [9.17, 15) is 15.0 Å². The van der Waals surface area contributed by atoms with E-state index in [1.54, 1.807) is 0 Å². The number of ether oxygens (including phenoxy) is 1. The number of aromatic hydroxyl groups is 1. The second-order valence-corrected chi connectivity index (χ2v) is 4.78. The first-order valence-corrected chi connectivity index (χ1v) is 6.10. The monoisotopic (exact) mass is 261 g/mol. The molecule has 1 aromatic rings. The van der Waals surface area contributed by atoms with Gasteiger partial charge < -0.3 is 14.9 Å². The summed E-state index contributed by atoms with van der Waals surface area (Å²) < 4.78 is 5.02. The minimum absolute atomic E-state index is 0.0434. The standard InChI is InChI=1S/C14H15NO4/c1-19-11-7-10(6-9(8-15)12(11)16)14(13(17)18)4-2-3-5-14/h6-7,16H,2-5H2,1H3,(H,17,18). The summed E-state index contributed by atoms with van der Waals surface area (Å²) in [5.41, 5.74) is -0.391. The molecule has 0 aliphatic heterocycles. The van der Waals surface area contributed by atoms with Gasteiger partial charge in [-0.3, -0.25) is 4.79 Å². The van der Waals surface area contributed by atoms with Crippen LogP contribution in [-0.2, 0) is 10.2 Å². The van der Waals surface area contributed by atoms with E-state index in [4.69, 9.17) is 10.00 Å². The van der Waals surface area contributed by atoms with E-state index in [1.807, 2.05) is 6.07 Å². The number of carboxylic acid groups (broad SMARTS) is 1. The van der Waals surface area contributed by atoms with Gasteiger partial charge in [-0.1, -0.05) is 12.8 Å². The molecule has 0 aromatic heterocycles. The van der Waals surface area contributed by atoms with Crippen LogP contribution in [-0.4, -0.2) is 23.3 Å². The lowest BCUT2D eigenvalue weighted by molar-refractivity contribution is -0.143. The van der Waals surface area contributed by atoms with Crippen molar-refractivity contribution in [3.63, 3.8) is 0 Å². The minimum Gasteiger partial charge on any atom is -0.503 e. The van der Waals surface area contributed by atoms with Crippen molar-refractivity contribution < 1.29 is 19.7 Å². The number of aliphatic carboxylic acids is 1. The summed E-state index contributed by atoms with van der Waals surface area (Å²) in [4.78, 5) is 11.6. The van der Waals surface area contributed by atoms with Crippen molar-refractivity contribution in [1.29, 1.82) is 5.26 Å². The predicted octanol–water partition coefficient (Wildman–Crippen LogP) is 2.17. The third-order valence-electron chi connectivity index (χ3n) is 3.83. The second kappa shape index (κ2) is 4.81. The molecule has 1 aromatic carbocycles. The fourth-order valence-electron chi connectivity index (χ4n) is 2.73. The minimum atomic E-state index is -0.966. The zero-order valence-electron chi connectivity index (χ0n) is 10.6. The highest BCUT2D eigenvalue weighted by Crippen LogP contribution is 2.44. The lowest BCUT2D eigenvalue weighted by Gasteiger charge is -2.25. The highest BCUT2D eigenvalue weighted by Gasteiger charge is 2.43. The van der Waals surface area contributed by atoms with Crippen LogP contribution in [0.2, 0.25) is 0 Å². The summed E-state index contributed by atoms with van der Waals surface area (Å²) in [5, 5.41) is 28.3. The molecule has 5 nitrogen and oxygen atoms in total. The normalized spacial score (nSPS) is 16.8. The summed E-state index contributed by atoms with van der Waals surface area (Å²) >= 11 is 0. The van der Waals surface area contributed by atoms with Crippen LogP contribution >= 0.6 is 0 Å². The molecule has 1 aliphatic rings. The number of nitrogens with zero attached hydrogens (tertiary/aromatic N) is 1. The van der Waals surface area contributed by atoms with Crippen molar-refractivity contribution in [2.45, 2.75) is 31.1 Å². The molecule has 1 aliphatic carbocycles. The van der Waals surface area contributed by atoms with Gasteiger partial charge in [0, 0.05) is 0 Å². The number of hydrogen-bond donors (Lipinski definition) is 2. The van der Waals surface area contributed by atoms with Crippen LogP contribution in [0.1, 0.15) is 36.8 Å². The van der Waals surface area contributed by atoms with Crippen LogP contribution in [0.25, 0.3) is 0 Å². The number of phenolic OH excluding ortho intramolecular Hbond substituents is 1. The topological polar surface area (TPSA) is 90.5 Å². The molecule has 0 saturated heterocycles. The molecular weight excluding hydrogens is 246 g/mol. The molecular formula is C14H15NO4. The molecule has 0 radical (unpaired) electrons. The Kier molecular flexibility index (Phi) is 3.34. The number of benzene rings is 1. The van der Waals surface area contributed by atoms with Crippen molar-refractivity contribution in [3.8, 4) is 17.6 Å². The maximum absolute atomic E-state index is 11.6. The molecule has 2 rings (SSSR count). The van der Waals surface area contributed by atoms with Gasteiger partial charge >= 0.3 is 5.97 Å². The van der Waals surface area contributed by atoms with Gasteiger partial charge in [0.15, 0.2) is 11.5 Å². The summed E-state index contributed by atoms with van der Waals surface area (Å²) in [7, 11) is 1.38. The second-order valence-electron chi connectivity index (χ2n) is 4.78. The van der Waals surface area contributed by atoms with Gasteiger partial charge in [-0.05, 0) is 30.5 Å². The zero-order chi connectivity index (χ0) is 14.0. The molecule has 100 valence electrons. The molecule has 1 saturated carbocycles. The molecule has 0 heterocycles. The van der Waals surface area contributed by atoms with Gasteiger partial charge in [0.2, 0.25) is 0 Å². The Hall–Kier alpha value is -2.22. The summed E-state index contributed by atoms with van der Waals surface area (Å²) in [6, 6.07) is 4.85. The number of carbonyl (C=O) groups is 1. The molecule has 0 unspecified atom stereocenters. The van der Waals surface area contributed by atoms with Gasteiger partial charge in [-0.2, -0.15) is 5.26 Å². The maximum atomic E-state index is 11.6. The van der Waals surface area contributed by atoms with E-state index >= 15 is 0 Å². The average Bonchev–Trinajstić information content (AvgIpc) is 2.89. The first kappa shape index (κ1) is 13.2. The van der Waals surface area contributed by atoms with Crippen molar-refractivity contribution in [3.05, 3.63) is 23.3 Å². The molecule has 19 heavy (non-hydrogen) atoms. The number of nitriles is 1. The fraction of sp³-hybridized carbons (Fsp3) is 0.429. The fourth-order valence-corrected chi connectivity index (χ4v) is 2.73. The number of carboxylic acids is 1. The van der Waals surface area contributed by atoms with Crippen molar-refractivity contribution >= 4 is 5.97 Å². The summed E-state index contributed by atoms with van der Waals surface area (Å²) in [6.45, 7) is 0. The van der Waals surface area contributed by atoms with Gasteiger partial charge in [0.05, 0.1) is 18.1 Å². The number of rotatable bonds is 3. The maximum Gasteiger partial charge on any atom is 0.314 e. The molecule has 1 fully saturated rings. The Morgan fingerprint density at radius 2 is 2.05 bits per heavy atom. The van der Waals surface area contributed by atoms with Gasteiger partial charge in [-0.15, -0.1) is 0 Å². The number of hydrogen-bond acceptors (Lipinski definition) is 4. The van der Waals surface area contributed by atoms with Crippen molar-refractivity contribution in [1.82, 2.24) is 0 Å². The van der Waals surface area contributed by atoms with Crippen LogP contribution < -0.4 is 4.74 Å². The van der Waals surface area contributed by atoms with E-state index < -0.39 is 11.4 Å². The largest absolute Gasteiger partial charge is 0.503 e. The SMILES string of the molecule is COc1cc(C2(C(=O)O)CCCC2)cc(C#N)c1O. The smallest absolute Gasteiger partial charge is 0.314 e. The highest BCUT2D eigenvalue weighted by atomic mass is 16.5. The predicted molar refractivity (Wildman–Crippen MR) is 67.2 cm³/mol. The molecule has 0 amide bonds. The Morgan fingerprint density at radius 3 is 2.53 bits per heavy atom. The third kappa shape index (κ3) is 1.99. The van der Waals surface area contributed by atoms with Crippen LogP contribution in [0.5, 0.6) is 11.5 Å². The van der Waals surface area contributed by atoms with E-state index in [0.717, 1.165) is 12.8 Å². The van der Waals surface area contributed by atoms with Gasteiger partial charge in [-0.25, -0.2) is 0 Å². The summed E-state index contributed by atoms with van der Waals surface area (Å²) in [6.07, 6.45) is 2.77. The highest BCUT2D eigenvalue weighted by molar-refractivity contribution is 5.82. The number of methoxy groups -OCH3 is 1. The van der Waals surface area contributed by atoms with Crippen LogP contribution in [0.15, 0.2) is 12.1 Å². The van der Waals surface area contributed by atoms with E-state index in [-0.39, 0.29) is 17.1 Å². The average molecular weight is 261 g/mol. The first-order valence-electron chi connectivity index (χ1n) is 6.10. The Balaban J connectivity index is 2.62. The molecule has 0 spiro atoms. The van der Waals surface area contributed by atoms with Crippen molar-refractivity contribution in [2.75, 3.05) is 7.11 Å². The first-order chi connectivity index (χ1) is 9.05. The molecule has 2 N–H and O–H groups in total. The Morgan fingerprint density at radius 1 is 1.42 bits per heavy atom. The Bertz CT molecular complexity index is 553. The Labute approximate surface area is 111 Å². The van der Waals surface area contributed by atoms with Gasteiger partial charge in [0.1, 0.15) is 6.07 Å². The third-order valence-corrected chi connectivity index (χ3v) is 3.83. The van der Waals surface area contributed by atoms with Crippen molar-refractivity contribution in [2.24, 2.45) is 0 Å². The van der Waals surface area contributed by atoms with E-state index in [1.165, 1.54) is 19.2 Å².